The number of amides is 1. The molecular formula is C17H17N3O2S2. The van der Waals surface area contributed by atoms with Crippen LogP contribution in [0.15, 0.2) is 28.6 Å². The third kappa shape index (κ3) is 2.67. The zero-order chi connectivity index (χ0) is 16.7. The van der Waals surface area contributed by atoms with Gasteiger partial charge in [-0.15, -0.1) is 22.7 Å². The Bertz CT molecular complexity index is 970. The van der Waals surface area contributed by atoms with E-state index in [1.54, 1.807) is 22.7 Å². The Morgan fingerprint density at radius 1 is 1.42 bits per heavy atom. The van der Waals surface area contributed by atoms with Crippen LogP contribution in [0, 0.1) is 0 Å². The maximum atomic E-state index is 12.6. The molecule has 3 aromatic heterocycles. The summed E-state index contributed by atoms with van der Waals surface area (Å²) in [5.74, 6) is -0.0268. The van der Waals surface area contributed by atoms with E-state index in [4.69, 9.17) is 0 Å². The average Bonchev–Trinajstić information content (AvgIpc) is 3.23. The molecule has 0 aliphatic carbocycles. The summed E-state index contributed by atoms with van der Waals surface area (Å²) in [5, 5.41) is 2.69. The van der Waals surface area contributed by atoms with Crippen molar-refractivity contribution in [2.24, 2.45) is 0 Å². The molecule has 1 amide bonds. The fraction of sp³-hybridized carbons (Fsp3) is 0.353. The van der Waals surface area contributed by atoms with Gasteiger partial charge < -0.3 is 4.90 Å². The molecule has 0 saturated carbocycles. The summed E-state index contributed by atoms with van der Waals surface area (Å²) < 4.78 is 1.43. The number of thiophene rings is 2. The van der Waals surface area contributed by atoms with E-state index >= 15 is 0 Å². The summed E-state index contributed by atoms with van der Waals surface area (Å²) in [6, 6.07) is 3.98. The molecule has 124 valence electrons. The molecular weight excluding hydrogens is 342 g/mol. The van der Waals surface area contributed by atoms with Crippen LogP contribution in [0.5, 0.6) is 0 Å². The van der Waals surface area contributed by atoms with Crippen molar-refractivity contribution in [2.75, 3.05) is 6.54 Å². The van der Waals surface area contributed by atoms with Crippen LogP contribution in [-0.4, -0.2) is 26.9 Å². The SMILES string of the molecule is CCc1cc2c(=O)n(CC(=O)N3CCc4sccc4C3)cnc2s1. The predicted octanol–water partition coefficient (Wildman–Crippen LogP) is 2.67. The van der Waals surface area contributed by atoms with Gasteiger partial charge in [0, 0.05) is 22.8 Å². The molecule has 0 aromatic carbocycles. The van der Waals surface area contributed by atoms with E-state index in [0.29, 0.717) is 11.9 Å². The first kappa shape index (κ1) is 15.5. The smallest absolute Gasteiger partial charge is 0.262 e. The van der Waals surface area contributed by atoms with E-state index in [-0.39, 0.29) is 18.0 Å². The maximum absolute atomic E-state index is 12.6. The fourth-order valence-corrected chi connectivity index (χ4v) is 4.82. The number of hydrogen-bond acceptors (Lipinski definition) is 5. The third-order valence-electron chi connectivity index (χ3n) is 4.38. The molecule has 4 rings (SSSR count). The minimum atomic E-state index is -0.127. The van der Waals surface area contributed by atoms with Crippen LogP contribution in [0.25, 0.3) is 10.2 Å². The molecule has 24 heavy (non-hydrogen) atoms. The zero-order valence-electron chi connectivity index (χ0n) is 13.3. The highest BCUT2D eigenvalue weighted by molar-refractivity contribution is 7.18. The molecule has 0 atom stereocenters. The van der Waals surface area contributed by atoms with Gasteiger partial charge >= 0.3 is 0 Å². The number of hydrogen-bond donors (Lipinski definition) is 0. The second kappa shape index (κ2) is 6.14. The van der Waals surface area contributed by atoms with Gasteiger partial charge in [0.1, 0.15) is 11.4 Å². The predicted molar refractivity (Wildman–Crippen MR) is 96.7 cm³/mol. The summed E-state index contributed by atoms with van der Waals surface area (Å²) in [7, 11) is 0. The highest BCUT2D eigenvalue weighted by atomic mass is 32.1. The molecule has 0 fully saturated rings. The normalized spacial score (nSPS) is 14.1. The van der Waals surface area contributed by atoms with Gasteiger partial charge in [0.15, 0.2) is 0 Å². The van der Waals surface area contributed by atoms with E-state index in [0.717, 1.165) is 29.1 Å². The van der Waals surface area contributed by atoms with Crippen molar-refractivity contribution in [1.29, 1.82) is 0 Å². The van der Waals surface area contributed by atoms with Gasteiger partial charge in [-0.25, -0.2) is 4.98 Å². The summed E-state index contributed by atoms with van der Waals surface area (Å²) in [6.07, 6.45) is 3.28. The van der Waals surface area contributed by atoms with Crippen molar-refractivity contribution >= 4 is 38.8 Å². The third-order valence-corrected chi connectivity index (χ3v) is 6.59. The Hall–Kier alpha value is -1.99. The van der Waals surface area contributed by atoms with Crippen molar-refractivity contribution in [3.05, 3.63) is 49.5 Å². The first-order valence-corrected chi connectivity index (χ1v) is 9.66. The minimum Gasteiger partial charge on any atom is -0.336 e. The first-order valence-electron chi connectivity index (χ1n) is 7.96. The van der Waals surface area contributed by atoms with Crippen LogP contribution in [0.3, 0.4) is 0 Å². The van der Waals surface area contributed by atoms with Gasteiger partial charge in [0.2, 0.25) is 5.91 Å². The number of fused-ring (bicyclic) bond motifs is 2. The second-order valence-corrected chi connectivity index (χ2v) is 8.01. The minimum absolute atomic E-state index is 0.0268. The molecule has 0 spiro atoms. The molecule has 0 N–H and O–H groups in total. The van der Waals surface area contributed by atoms with Crippen molar-refractivity contribution in [3.8, 4) is 0 Å². The molecule has 1 aliphatic heterocycles. The number of rotatable bonds is 3. The summed E-state index contributed by atoms with van der Waals surface area (Å²) in [6.45, 7) is 3.47. The average molecular weight is 359 g/mol. The molecule has 5 nitrogen and oxygen atoms in total. The lowest BCUT2D eigenvalue weighted by Crippen LogP contribution is -2.39. The van der Waals surface area contributed by atoms with E-state index in [1.165, 1.54) is 21.3 Å². The molecule has 3 aromatic rings. The number of carbonyl (C=O) groups excluding carboxylic acids is 1. The Morgan fingerprint density at radius 3 is 3.12 bits per heavy atom. The van der Waals surface area contributed by atoms with Crippen LogP contribution in [0.4, 0.5) is 0 Å². The topological polar surface area (TPSA) is 55.2 Å². The van der Waals surface area contributed by atoms with E-state index < -0.39 is 0 Å². The Balaban J connectivity index is 1.57. The number of aromatic nitrogens is 2. The molecule has 7 heteroatoms. The zero-order valence-corrected chi connectivity index (χ0v) is 15.0. The van der Waals surface area contributed by atoms with Crippen LogP contribution in [-0.2, 0) is 30.7 Å². The van der Waals surface area contributed by atoms with Crippen molar-refractivity contribution in [3.63, 3.8) is 0 Å². The molecule has 0 unspecified atom stereocenters. The van der Waals surface area contributed by atoms with Gasteiger partial charge in [-0.1, -0.05) is 6.92 Å². The standard InChI is InChI=1S/C17H17N3O2S2/c1-2-12-7-13-16(24-12)18-10-20(17(13)22)9-15(21)19-5-3-14-11(8-19)4-6-23-14/h4,6-7,10H,2-3,5,8-9H2,1H3. The largest absolute Gasteiger partial charge is 0.336 e. The Morgan fingerprint density at radius 2 is 2.29 bits per heavy atom. The molecule has 1 aliphatic rings. The van der Waals surface area contributed by atoms with Gasteiger partial charge in [-0.3, -0.25) is 14.2 Å². The highest BCUT2D eigenvalue weighted by Gasteiger charge is 2.22. The van der Waals surface area contributed by atoms with Gasteiger partial charge in [0.05, 0.1) is 11.7 Å². The van der Waals surface area contributed by atoms with E-state index in [2.05, 4.69) is 23.4 Å². The van der Waals surface area contributed by atoms with Crippen LogP contribution in [0.1, 0.15) is 22.2 Å². The summed E-state index contributed by atoms with van der Waals surface area (Å²) >= 11 is 3.29. The van der Waals surface area contributed by atoms with Crippen molar-refractivity contribution in [1.82, 2.24) is 14.5 Å². The quantitative estimate of drug-likeness (QED) is 0.722. The Labute approximate surface area is 147 Å². The number of nitrogens with zero attached hydrogens (tertiary/aromatic N) is 3. The molecule has 4 heterocycles. The number of carbonyl (C=O) groups is 1. The van der Waals surface area contributed by atoms with E-state index in [1.807, 2.05) is 11.0 Å². The monoisotopic (exact) mass is 359 g/mol. The highest BCUT2D eigenvalue weighted by Crippen LogP contribution is 2.24. The van der Waals surface area contributed by atoms with Gasteiger partial charge in [-0.05, 0) is 35.9 Å². The van der Waals surface area contributed by atoms with Crippen LogP contribution in [0.2, 0.25) is 0 Å². The fourth-order valence-electron chi connectivity index (χ4n) is 3.00. The van der Waals surface area contributed by atoms with Gasteiger partial charge in [0.25, 0.3) is 5.56 Å². The van der Waals surface area contributed by atoms with Crippen molar-refractivity contribution in [2.45, 2.75) is 32.9 Å². The second-order valence-electron chi connectivity index (χ2n) is 5.90. The first-order chi connectivity index (χ1) is 11.7. The molecule has 0 bridgehead atoms. The number of aryl methyl sites for hydroxylation is 1. The molecule has 0 saturated heterocycles. The summed E-state index contributed by atoms with van der Waals surface area (Å²) in [4.78, 5) is 34.6. The van der Waals surface area contributed by atoms with Crippen LogP contribution < -0.4 is 5.56 Å². The maximum Gasteiger partial charge on any atom is 0.262 e. The summed E-state index contributed by atoms with van der Waals surface area (Å²) in [5.41, 5.74) is 1.10. The van der Waals surface area contributed by atoms with Crippen molar-refractivity contribution < 1.29 is 4.79 Å². The van der Waals surface area contributed by atoms with Gasteiger partial charge in [-0.2, -0.15) is 0 Å². The Kier molecular flexibility index (Phi) is 3.97. The lowest BCUT2D eigenvalue weighted by atomic mass is 10.1. The van der Waals surface area contributed by atoms with E-state index in [9.17, 15) is 9.59 Å². The van der Waals surface area contributed by atoms with Crippen LogP contribution >= 0.6 is 22.7 Å². The lowest BCUT2D eigenvalue weighted by molar-refractivity contribution is -0.132. The lowest BCUT2D eigenvalue weighted by Gasteiger charge is -2.27. The molecule has 0 radical (unpaired) electrons.